The summed E-state index contributed by atoms with van der Waals surface area (Å²) in [6.45, 7) is 7.91. The van der Waals surface area contributed by atoms with Crippen molar-refractivity contribution in [3.63, 3.8) is 0 Å². The molecule has 2 N–H and O–H groups in total. The van der Waals surface area contributed by atoms with Gasteiger partial charge in [0.1, 0.15) is 11.9 Å². The summed E-state index contributed by atoms with van der Waals surface area (Å²) < 4.78 is 42.8. The first-order valence-corrected chi connectivity index (χ1v) is 14.2. The van der Waals surface area contributed by atoms with Crippen molar-refractivity contribution >= 4 is 39.3 Å². The molecule has 1 aliphatic carbocycles. The summed E-state index contributed by atoms with van der Waals surface area (Å²) in [5, 5.41) is 3.14. The van der Waals surface area contributed by atoms with Crippen molar-refractivity contribution in [2.45, 2.75) is 64.1 Å². The number of benzene rings is 1. The number of hydrogen-bond donors (Lipinski definition) is 2. The number of rotatable bonds is 11. The Kier molecular flexibility index (Phi) is 10.1. The van der Waals surface area contributed by atoms with E-state index in [9.17, 15) is 22.4 Å². The monoisotopic (exact) mass is 552 g/mol. The number of anilines is 1. The van der Waals surface area contributed by atoms with Crippen LogP contribution in [0.5, 0.6) is 0 Å². The molecule has 0 radical (unpaired) electrons. The molecular weight excluding hydrogens is 519 g/mol. The molecular formula is C26H34ClFN4O4S. The number of nitrogens with zero attached hydrogens (tertiary/aromatic N) is 2. The number of nitrogens with one attached hydrogen (secondary N) is 2. The van der Waals surface area contributed by atoms with Gasteiger partial charge in [0.25, 0.3) is 10.2 Å². The Morgan fingerprint density at radius 1 is 1.24 bits per heavy atom. The Labute approximate surface area is 223 Å². The average Bonchev–Trinajstić information content (AvgIpc) is 3.71. The molecule has 11 heteroatoms. The van der Waals surface area contributed by atoms with E-state index in [0.29, 0.717) is 13.1 Å². The molecule has 2 aliphatic rings. The van der Waals surface area contributed by atoms with Gasteiger partial charge < -0.3 is 5.32 Å². The second kappa shape index (κ2) is 12.8. The van der Waals surface area contributed by atoms with Crippen LogP contribution in [-0.2, 0) is 19.8 Å². The van der Waals surface area contributed by atoms with Crippen molar-refractivity contribution in [1.29, 1.82) is 0 Å². The summed E-state index contributed by atoms with van der Waals surface area (Å²) >= 11 is 6.50. The van der Waals surface area contributed by atoms with E-state index in [2.05, 4.69) is 16.6 Å². The van der Waals surface area contributed by atoms with Gasteiger partial charge in [-0.1, -0.05) is 55.7 Å². The van der Waals surface area contributed by atoms with Gasteiger partial charge in [0.15, 0.2) is 0 Å². The summed E-state index contributed by atoms with van der Waals surface area (Å²) in [7, 11) is -3.88. The fraction of sp³-hybridized carbons (Fsp3) is 0.462. The predicted octanol–water partition coefficient (Wildman–Crippen LogP) is 3.77. The second-order valence-electron chi connectivity index (χ2n) is 9.24. The number of allylic oxidation sites excluding steroid dienone is 3. The minimum atomic E-state index is -3.88. The zero-order valence-electron chi connectivity index (χ0n) is 21.1. The lowest BCUT2D eigenvalue weighted by Gasteiger charge is -2.35. The molecule has 1 aliphatic heterocycles. The molecule has 1 aromatic rings. The highest BCUT2D eigenvalue weighted by Gasteiger charge is 2.40. The Morgan fingerprint density at radius 2 is 1.92 bits per heavy atom. The molecule has 2 atom stereocenters. The van der Waals surface area contributed by atoms with Gasteiger partial charge >= 0.3 is 0 Å². The number of carbonyl (C=O) groups is 2. The van der Waals surface area contributed by atoms with Gasteiger partial charge in [0.2, 0.25) is 11.8 Å². The lowest BCUT2D eigenvalue weighted by molar-refractivity contribution is -0.126. The number of halogens is 2. The Bertz CT molecular complexity index is 1180. The van der Waals surface area contributed by atoms with Gasteiger partial charge in [-0.25, -0.2) is 4.39 Å². The first-order valence-electron chi connectivity index (χ1n) is 12.4. The van der Waals surface area contributed by atoms with Gasteiger partial charge in [-0.15, -0.1) is 0 Å². The molecule has 1 heterocycles. The van der Waals surface area contributed by atoms with E-state index in [1.807, 2.05) is 0 Å². The van der Waals surface area contributed by atoms with E-state index in [1.165, 1.54) is 29.4 Å². The summed E-state index contributed by atoms with van der Waals surface area (Å²) in [4.78, 5) is 28.6. The summed E-state index contributed by atoms with van der Waals surface area (Å²) in [6.07, 6.45) is 9.58. The van der Waals surface area contributed by atoms with Crippen molar-refractivity contribution in [2.24, 2.45) is 0 Å². The van der Waals surface area contributed by atoms with Crippen LogP contribution >= 0.6 is 11.6 Å². The minimum Gasteiger partial charge on any atom is -0.351 e. The van der Waals surface area contributed by atoms with E-state index in [0.717, 1.165) is 43.1 Å². The molecule has 8 nitrogen and oxygen atoms in total. The van der Waals surface area contributed by atoms with Crippen molar-refractivity contribution in [2.75, 3.05) is 18.0 Å². The highest BCUT2D eigenvalue weighted by Crippen LogP contribution is 2.29. The molecule has 3 rings (SSSR count). The third-order valence-corrected chi connectivity index (χ3v) is 8.36. The van der Waals surface area contributed by atoms with Crippen LogP contribution < -0.4 is 14.9 Å². The number of amides is 2. The van der Waals surface area contributed by atoms with Crippen LogP contribution in [-0.4, -0.2) is 55.8 Å². The maximum Gasteiger partial charge on any atom is 0.280 e. The molecule has 2 amide bonds. The summed E-state index contributed by atoms with van der Waals surface area (Å²) in [5.74, 6) is -1.90. The lowest BCUT2D eigenvalue weighted by Crippen LogP contribution is -2.57. The lowest BCUT2D eigenvalue weighted by atomic mass is 9.94. The third kappa shape index (κ3) is 7.73. The zero-order chi connectivity index (χ0) is 27.2. The SMILES string of the molecule is C=C(/C(Cl)=C\C=C/C)[C@@H](C(=O)NC1CCCCC1)N(C(=O)[C@H](C)NS(=O)(=O)N1CC1)c1cccc(F)c1. The quantitative estimate of drug-likeness (QED) is 0.322. The fourth-order valence-electron chi connectivity index (χ4n) is 4.24. The van der Waals surface area contributed by atoms with Crippen LogP contribution in [0.3, 0.4) is 0 Å². The average molecular weight is 553 g/mol. The Hall–Kier alpha value is -2.53. The zero-order valence-corrected chi connectivity index (χ0v) is 22.7. The highest BCUT2D eigenvalue weighted by atomic mass is 35.5. The van der Waals surface area contributed by atoms with E-state index in [-0.39, 0.29) is 22.3 Å². The minimum absolute atomic E-state index is 0.0724. The molecule has 0 unspecified atom stereocenters. The molecule has 0 bridgehead atoms. The van der Waals surface area contributed by atoms with Gasteiger partial charge in [-0.05, 0) is 56.5 Å². The van der Waals surface area contributed by atoms with Crippen LogP contribution in [0.15, 0.2) is 59.7 Å². The molecule has 1 saturated carbocycles. The van der Waals surface area contributed by atoms with Crippen LogP contribution in [0.2, 0.25) is 0 Å². The van der Waals surface area contributed by atoms with Gasteiger partial charge in [0, 0.05) is 29.9 Å². The van der Waals surface area contributed by atoms with Gasteiger partial charge in [-0.3, -0.25) is 14.5 Å². The van der Waals surface area contributed by atoms with Crippen molar-refractivity contribution in [3.8, 4) is 0 Å². The number of hydrogen-bond acceptors (Lipinski definition) is 4. The van der Waals surface area contributed by atoms with E-state index in [1.54, 1.807) is 25.2 Å². The Balaban J connectivity index is 2.04. The summed E-state index contributed by atoms with van der Waals surface area (Å²) in [5.41, 5.74) is 0.190. The topological polar surface area (TPSA) is 98.6 Å². The maximum atomic E-state index is 14.3. The predicted molar refractivity (Wildman–Crippen MR) is 144 cm³/mol. The standard InChI is InChI=1S/C26H34ClFN4O4S/c1-4-5-14-23(27)18(2)24(25(33)29-21-11-7-6-8-12-21)32(22-13-9-10-20(28)17-22)26(34)19(3)30-37(35,36)31-15-16-31/h4-5,9-10,13-14,17,19,21,24,30H,2,6-8,11-12,15-16H2,1,3H3,(H,29,33)/b5-4-,23-14+/t19-,24-/m0/s1. The van der Waals surface area contributed by atoms with Crippen molar-refractivity contribution in [1.82, 2.24) is 14.3 Å². The van der Waals surface area contributed by atoms with Gasteiger partial charge in [0.05, 0.1) is 6.04 Å². The molecule has 0 spiro atoms. The van der Waals surface area contributed by atoms with E-state index < -0.39 is 39.9 Å². The molecule has 37 heavy (non-hydrogen) atoms. The fourth-order valence-corrected chi connectivity index (χ4v) is 5.68. The highest BCUT2D eigenvalue weighted by molar-refractivity contribution is 7.87. The largest absolute Gasteiger partial charge is 0.351 e. The van der Waals surface area contributed by atoms with Crippen LogP contribution in [0.4, 0.5) is 10.1 Å². The van der Waals surface area contributed by atoms with Crippen molar-refractivity contribution < 1.29 is 22.4 Å². The molecule has 1 saturated heterocycles. The molecule has 0 aromatic heterocycles. The van der Waals surface area contributed by atoms with E-state index in [4.69, 9.17) is 11.6 Å². The van der Waals surface area contributed by atoms with Gasteiger partial charge in [-0.2, -0.15) is 17.4 Å². The first kappa shape index (κ1) is 29.0. The van der Waals surface area contributed by atoms with Crippen LogP contribution in [0.1, 0.15) is 46.0 Å². The van der Waals surface area contributed by atoms with Crippen molar-refractivity contribution in [3.05, 3.63) is 65.5 Å². The first-order chi connectivity index (χ1) is 17.5. The second-order valence-corrected chi connectivity index (χ2v) is 11.4. The third-order valence-electron chi connectivity index (χ3n) is 6.30. The smallest absolute Gasteiger partial charge is 0.280 e. The van der Waals surface area contributed by atoms with Crippen LogP contribution in [0, 0.1) is 5.82 Å². The normalized spacial score (nSPS) is 18.9. The number of carbonyl (C=O) groups excluding carboxylic acids is 2. The van der Waals surface area contributed by atoms with Crippen LogP contribution in [0.25, 0.3) is 0 Å². The molecule has 2 fully saturated rings. The Morgan fingerprint density at radius 3 is 2.51 bits per heavy atom. The maximum absolute atomic E-state index is 14.3. The molecule has 202 valence electrons. The van der Waals surface area contributed by atoms with E-state index >= 15 is 0 Å². The molecule has 1 aromatic carbocycles. The summed E-state index contributed by atoms with van der Waals surface area (Å²) in [6, 6.07) is 2.52.